The number of unbranched alkanes of at least 4 members (excludes halogenated alkanes) is 4. The van der Waals surface area contributed by atoms with Crippen molar-refractivity contribution in [3.63, 3.8) is 0 Å². The van der Waals surface area contributed by atoms with Crippen molar-refractivity contribution in [3.05, 3.63) is 64.4 Å². The predicted octanol–water partition coefficient (Wildman–Crippen LogP) is 6.10. The molecule has 0 fully saturated rings. The van der Waals surface area contributed by atoms with Gasteiger partial charge in [-0.25, -0.2) is 4.39 Å². The summed E-state index contributed by atoms with van der Waals surface area (Å²) in [6, 6.07) is 10.5. The van der Waals surface area contributed by atoms with Gasteiger partial charge in [-0.2, -0.15) is 13.2 Å². The smallest absolute Gasteiger partial charge is 0.419 e. The van der Waals surface area contributed by atoms with E-state index in [0.717, 1.165) is 43.1 Å². The van der Waals surface area contributed by atoms with Crippen LogP contribution in [0.2, 0.25) is 0 Å². The van der Waals surface area contributed by atoms with Gasteiger partial charge in [-0.1, -0.05) is 48.8 Å². The summed E-state index contributed by atoms with van der Waals surface area (Å²) in [5.41, 5.74) is 4.88. The van der Waals surface area contributed by atoms with Gasteiger partial charge in [-0.3, -0.25) is 0 Å². The zero-order chi connectivity index (χ0) is 25.5. The first-order chi connectivity index (χ1) is 16.6. The Bertz CT molecular complexity index is 1100. The number of rotatable bonds is 12. The van der Waals surface area contributed by atoms with Gasteiger partial charge in [0, 0.05) is 5.56 Å². The third kappa shape index (κ3) is 7.46. The van der Waals surface area contributed by atoms with Gasteiger partial charge in [-0.05, 0) is 56.0 Å². The number of ether oxygens (including phenoxy) is 1. The standard InChI is InChI=1S/C25H29F4N3O2S/c1-24(30,16-33)23-32-31-22(35-23)18-12-13-21(19(15-18)25(27,28)29)34-14-8-4-2-3-5-9-17-10-6-7-11-20(17)26/h6-7,10-13,15,33H,2-5,8-9,14,16,30H2,1H3/t24-/m0/s1. The third-order valence-corrected chi connectivity index (χ3v) is 6.83. The van der Waals surface area contributed by atoms with E-state index in [2.05, 4.69) is 10.2 Å². The van der Waals surface area contributed by atoms with Crippen molar-refractivity contribution < 1.29 is 27.4 Å². The summed E-state index contributed by atoms with van der Waals surface area (Å²) in [4.78, 5) is 0. The van der Waals surface area contributed by atoms with Crippen molar-refractivity contribution in [2.75, 3.05) is 13.2 Å². The molecule has 0 radical (unpaired) electrons. The Morgan fingerprint density at radius 1 is 1.00 bits per heavy atom. The molecule has 35 heavy (non-hydrogen) atoms. The van der Waals surface area contributed by atoms with E-state index < -0.39 is 17.3 Å². The molecule has 5 nitrogen and oxygen atoms in total. The highest BCUT2D eigenvalue weighted by Gasteiger charge is 2.35. The zero-order valence-corrected chi connectivity index (χ0v) is 20.3. The minimum atomic E-state index is -4.60. The molecule has 0 bridgehead atoms. The van der Waals surface area contributed by atoms with Gasteiger partial charge in [0.05, 0.1) is 24.3 Å². The first kappa shape index (κ1) is 27.0. The molecule has 3 rings (SSSR count). The second-order valence-electron chi connectivity index (χ2n) is 8.65. The first-order valence-electron chi connectivity index (χ1n) is 11.4. The van der Waals surface area contributed by atoms with Crippen LogP contribution in [0.3, 0.4) is 0 Å². The molecule has 10 heteroatoms. The molecule has 0 spiro atoms. The number of halogens is 4. The molecule has 0 saturated carbocycles. The fraction of sp³-hybridized carbons (Fsp3) is 0.440. The lowest BCUT2D eigenvalue weighted by Crippen LogP contribution is -2.36. The molecule has 0 amide bonds. The van der Waals surface area contributed by atoms with E-state index in [9.17, 15) is 22.7 Å². The van der Waals surface area contributed by atoms with Crippen LogP contribution in [-0.4, -0.2) is 28.5 Å². The van der Waals surface area contributed by atoms with Crippen LogP contribution in [0.1, 0.15) is 55.2 Å². The van der Waals surface area contributed by atoms with E-state index in [4.69, 9.17) is 10.5 Å². The Morgan fingerprint density at radius 3 is 2.43 bits per heavy atom. The maximum atomic E-state index is 13.7. The van der Waals surface area contributed by atoms with Gasteiger partial charge in [0.15, 0.2) is 0 Å². The Kier molecular flexibility index (Phi) is 9.21. The molecule has 2 aromatic carbocycles. The van der Waals surface area contributed by atoms with Crippen molar-refractivity contribution in [2.45, 2.75) is 57.2 Å². The molecule has 1 aromatic heterocycles. The Hall–Kier alpha value is -2.56. The zero-order valence-electron chi connectivity index (χ0n) is 19.4. The van der Waals surface area contributed by atoms with Gasteiger partial charge in [0.1, 0.15) is 21.6 Å². The SMILES string of the molecule is C[C@](N)(CO)c1nnc(-c2ccc(OCCCCCCCc3ccccc3F)c(C(F)(F)F)c2)s1. The van der Waals surface area contributed by atoms with Crippen LogP contribution in [0.5, 0.6) is 5.75 Å². The van der Waals surface area contributed by atoms with E-state index >= 15 is 0 Å². The Balaban J connectivity index is 1.52. The molecule has 0 aliphatic carbocycles. The van der Waals surface area contributed by atoms with Crippen LogP contribution >= 0.6 is 11.3 Å². The molecule has 0 unspecified atom stereocenters. The van der Waals surface area contributed by atoms with E-state index in [-0.39, 0.29) is 35.4 Å². The highest BCUT2D eigenvalue weighted by atomic mass is 32.1. The Morgan fingerprint density at radius 2 is 1.71 bits per heavy atom. The highest BCUT2D eigenvalue weighted by Crippen LogP contribution is 2.40. The quantitative estimate of drug-likeness (QED) is 0.227. The van der Waals surface area contributed by atoms with Gasteiger partial charge >= 0.3 is 6.18 Å². The van der Waals surface area contributed by atoms with Gasteiger partial charge in [0.25, 0.3) is 0 Å². The average molecular weight is 512 g/mol. The lowest BCUT2D eigenvalue weighted by atomic mass is 10.1. The molecular formula is C25H29F4N3O2S. The van der Waals surface area contributed by atoms with Gasteiger partial charge in [0.2, 0.25) is 0 Å². The van der Waals surface area contributed by atoms with E-state index in [1.807, 2.05) is 6.07 Å². The monoisotopic (exact) mass is 511 g/mol. The maximum absolute atomic E-state index is 13.7. The highest BCUT2D eigenvalue weighted by molar-refractivity contribution is 7.14. The van der Waals surface area contributed by atoms with E-state index in [1.54, 1.807) is 19.1 Å². The number of aliphatic hydroxyl groups excluding tert-OH is 1. The number of aromatic nitrogens is 2. The molecule has 0 aliphatic heterocycles. The lowest BCUT2D eigenvalue weighted by molar-refractivity contribution is -0.138. The van der Waals surface area contributed by atoms with Crippen LogP contribution < -0.4 is 10.5 Å². The van der Waals surface area contributed by atoms with Crippen molar-refractivity contribution in [1.29, 1.82) is 0 Å². The second-order valence-corrected chi connectivity index (χ2v) is 9.63. The van der Waals surface area contributed by atoms with Crippen LogP contribution in [0, 0.1) is 5.82 Å². The number of nitrogens with two attached hydrogens (primary N) is 1. The lowest BCUT2D eigenvalue weighted by Gasteiger charge is -2.17. The topological polar surface area (TPSA) is 81.3 Å². The molecule has 0 saturated heterocycles. The summed E-state index contributed by atoms with van der Waals surface area (Å²) in [7, 11) is 0. The van der Waals surface area contributed by atoms with Crippen molar-refractivity contribution in [1.82, 2.24) is 10.2 Å². The summed E-state index contributed by atoms with van der Waals surface area (Å²) in [6.45, 7) is 1.37. The van der Waals surface area contributed by atoms with Crippen molar-refractivity contribution in [3.8, 4) is 16.3 Å². The van der Waals surface area contributed by atoms with E-state index in [1.165, 1.54) is 18.2 Å². The summed E-state index contributed by atoms with van der Waals surface area (Å²) in [5, 5.41) is 17.8. The van der Waals surface area contributed by atoms with Gasteiger partial charge in [-0.15, -0.1) is 10.2 Å². The molecule has 3 aromatic rings. The van der Waals surface area contributed by atoms with Crippen LogP contribution in [0.4, 0.5) is 17.6 Å². The van der Waals surface area contributed by atoms with Crippen molar-refractivity contribution >= 4 is 11.3 Å². The van der Waals surface area contributed by atoms with Crippen LogP contribution in [0.15, 0.2) is 42.5 Å². The number of hydrogen-bond donors (Lipinski definition) is 2. The van der Waals surface area contributed by atoms with E-state index in [0.29, 0.717) is 23.4 Å². The summed E-state index contributed by atoms with van der Waals surface area (Å²) >= 11 is 1.04. The van der Waals surface area contributed by atoms with Crippen molar-refractivity contribution in [2.24, 2.45) is 5.73 Å². The molecule has 0 aliphatic rings. The average Bonchev–Trinajstić information content (AvgIpc) is 3.32. The number of benzene rings is 2. The maximum Gasteiger partial charge on any atom is 0.419 e. The number of aliphatic hydroxyl groups is 1. The molecule has 3 N–H and O–H groups in total. The Labute approximate surface area is 206 Å². The summed E-state index contributed by atoms with van der Waals surface area (Å²) in [5.74, 6) is -0.425. The molecular weight excluding hydrogens is 482 g/mol. The first-order valence-corrected chi connectivity index (χ1v) is 12.2. The van der Waals surface area contributed by atoms with Gasteiger partial charge < -0.3 is 15.6 Å². The fourth-order valence-corrected chi connectivity index (χ4v) is 4.37. The van der Waals surface area contributed by atoms with Crippen LogP contribution in [-0.2, 0) is 18.1 Å². The number of hydrogen-bond acceptors (Lipinski definition) is 6. The number of alkyl halides is 3. The largest absolute Gasteiger partial charge is 0.493 e. The minimum Gasteiger partial charge on any atom is -0.493 e. The minimum absolute atomic E-state index is 0.167. The fourth-order valence-electron chi connectivity index (χ4n) is 3.48. The molecule has 1 atom stereocenters. The predicted molar refractivity (Wildman–Crippen MR) is 128 cm³/mol. The molecule has 190 valence electrons. The third-order valence-electron chi connectivity index (χ3n) is 5.58. The number of aryl methyl sites for hydroxylation is 1. The summed E-state index contributed by atoms with van der Waals surface area (Å²) < 4.78 is 60.1. The normalized spacial score (nSPS) is 13.6. The molecule has 1 heterocycles. The summed E-state index contributed by atoms with van der Waals surface area (Å²) in [6.07, 6.45) is 0.178. The van der Waals surface area contributed by atoms with Crippen LogP contribution in [0.25, 0.3) is 10.6 Å². The number of nitrogens with zero attached hydrogens (tertiary/aromatic N) is 2. The second kappa shape index (κ2) is 11.9.